The van der Waals surface area contributed by atoms with Gasteiger partial charge in [-0.3, -0.25) is 0 Å². The number of halogens is 2. The van der Waals surface area contributed by atoms with E-state index in [1.54, 1.807) is 12.1 Å². The molecule has 0 atom stereocenters. The van der Waals surface area contributed by atoms with Crippen molar-refractivity contribution < 1.29 is 4.39 Å². The fourth-order valence-corrected chi connectivity index (χ4v) is 3.23. The van der Waals surface area contributed by atoms with Gasteiger partial charge in [-0.2, -0.15) is 0 Å². The highest BCUT2D eigenvalue weighted by Crippen LogP contribution is 2.31. The lowest BCUT2D eigenvalue weighted by Gasteiger charge is -2.11. The van der Waals surface area contributed by atoms with Gasteiger partial charge in [-0.25, -0.2) is 9.38 Å². The molecule has 0 unspecified atom stereocenters. The van der Waals surface area contributed by atoms with E-state index in [0.29, 0.717) is 17.1 Å². The topological polar surface area (TPSA) is 20.5 Å². The summed E-state index contributed by atoms with van der Waals surface area (Å²) in [6, 6.07) is 10.9. The normalized spacial score (nSPS) is 11.6. The van der Waals surface area contributed by atoms with Gasteiger partial charge in [0.15, 0.2) is 0 Å². The molecule has 0 saturated heterocycles. The van der Waals surface area contributed by atoms with Crippen molar-refractivity contribution >= 4 is 34.5 Å². The summed E-state index contributed by atoms with van der Waals surface area (Å²) in [6.07, 6.45) is 1.83. The van der Waals surface area contributed by atoms with E-state index in [1.807, 2.05) is 30.4 Å². The molecule has 3 rings (SSSR count). The first-order valence-corrected chi connectivity index (χ1v) is 9.07. The standard InChI is InChI=1S/C21H23ClFN3/c1-5-25(4)13-24-16-9-10-21-17(11-16)14(2)15(3)26(21)12-18-19(22)7-6-8-20(18)23/h6-11,13H,5,12H2,1-4H3. The predicted molar refractivity (Wildman–Crippen MR) is 108 cm³/mol. The van der Waals surface area contributed by atoms with Crippen molar-refractivity contribution in [3.63, 3.8) is 0 Å². The van der Waals surface area contributed by atoms with Crippen LogP contribution in [0.2, 0.25) is 5.02 Å². The number of aromatic nitrogens is 1. The highest BCUT2D eigenvalue weighted by molar-refractivity contribution is 6.31. The van der Waals surface area contributed by atoms with E-state index >= 15 is 0 Å². The summed E-state index contributed by atoms with van der Waals surface area (Å²) in [6.45, 7) is 7.53. The molecule has 0 aliphatic heterocycles. The molecule has 0 aliphatic rings. The van der Waals surface area contributed by atoms with Crippen molar-refractivity contribution in [2.75, 3.05) is 13.6 Å². The van der Waals surface area contributed by atoms with Crippen LogP contribution in [0.3, 0.4) is 0 Å². The van der Waals surface area contributed by atoms with Gasteiger partial charge < -0.3 is 9.47 Å². The van der Waals surface area contributed by atoms with Crippen molar-refractivity contribution in [3.8, 4) is 0 Å². The molecule has 5 heteroatoms. The SMILES string of the molecule is CCN(C)C=Nc1ccc2c(c1)c(C)c(C)n2Cc1c(F)cccc1Cl. The van der Waals surface area contributed by atoms with Crippen LogP contribution in [0.1, 0.15) is 23.7 Å². The molecule has 1 heterocycles. The number of aliphatic imine (C=N–C) groups is 1. The van der Waals surface area contributed by atoms with Crippen LogP contribution < -0.4 is 0 Å². The molecule has 0 fully saturated rings. The summed E-state index contributed by atoms with van der Waals surface area (Å²) >= 11 is 6.22. The van der Waals surface area contributed by atoms with Gasteiger partial charge in [0.05, 0.1) is 18.6 Å². The van der Waals surface area contributed by atoms with E-state index in [1.165, 1.54) is 11.6 Å². The predicted octanol–water partition coefficient (Wildman–Crippen LogP) is 5.71. The zero-order valence-electron chi connectivity index (χ0n) is 15.6. The summed E-state index contributed by atoms with van der Waals surface area (Å²) in [5.41, 5.74) is 4.75. The van der Waals surface area contributed by atoms with E-state index < -0.39 is 0 Å². The smallest absolute Gasteiger partial charge is 0.129 e. The number of rotatable bonds is 5. The number of fused-ring (bicyclic) bond motifs is 1. The van der Waals surface area contributed by atoms with Crippen LogP contribution in [-0.4, -0.2) is 29.4 Å². The zero-order valence-corrected chi connectivity index (χ0v) is 16.3. The molecule has 1 aromatic heterocycles. The van der Waals surface area contributed by atoms with Crippen LogP contribution in [0.4, 0.5) is 10.1 Å². The minimum atomic E-state index is -0.278. The Morgan fingerprint density at radius 1 is 1.23 bits per heavy atom. The van der Waals surface area contributed by atoms with E-state index in [2.05, 4.69) is 36.4 Å². The minimum Gasteiger partial charge on any atom is -0.366 e. The first-order chi connectivity index (χ1) is 12.4. The number of hydrogen-bond acceptors (Lipinski definition) is 1. The Morgan fingerprint density at radius 3 is 2.69 bits per heavy atom. The van der Waals surface area contributed by atoms with Gasteiger partial charge in [-0.1, -0.05) is 17.7 Å². The largest absolute Gasteiger partial charge is 0.366 e. The number of nitrogens with zero attached hydrogens (tertiary/aromatic N) is 3. The van der Waals surface area contributed by atoms with Crippen molar-refractivity contribution in [1.82, 2.24) is 9.47 Å². The van der Waals surface area contributed by atoms with Crippen LogP contribution in [0.25, 0.3) is 10.9 Å². The molecule has 2 aromatic carbocycles. The summed E-state index contributed by atoms with van der Waals surface area (Å²) < 4.78 is 16.3. The maximum absolute atomic E-state index is 14.2. The molecule has 26 heavy (non-hydrogen) atoms. The van der Waals surface area contributed by atoms with Crippen LogP contribution in [0.15, 0.2) is 41.4 Å². The molecule has 0 aliphatic carbocycles. The average Bonchev–Trinajstić information content (AvgIpc) is 2.87. The highest BCUT2D eigenvalue weighted by Gasteiger charge is 2.15. The maximum Gasteiger partial charge on any atom is 0.129 e. The summed E-state index contributed by atoms with van der Waals surface area (Å²) in [7, 11) is 1.99. The Kier molecular flexibility index (Phi) is 5.33. The van der Waals surface area contributed by atoms with E-state index in [4.69, 9.17) is 11.6 Å². The summed E-state index contributed by atoms with van der Waals surface area (Å²) in [4.78, 5) is 6.55. The van der Waals surface area contributed by atoms with E-state index in [-0.39, 0.29) is 5.82 Å². The molecule has 0 N–H and O–H groups in total. The van der Waals surface area contributed by atoms with Crippen LogP contribution in [0, 0.1) is 19.7 Å². The third kappa shape index (κ3) is 3.47. The van der Waals surface area contributed by atoms with Gasteiger partial charge in [0.1, 0.15) is 5.82 Å². The molecule has 136 valence electrons. The summed E-state index contributed by atoms with van der Waals surface area (Å²) in [5.74, 6) is -0.278. The lowest BCUT2D eigenvalue weighted by molar-refractivity contribution is 0.552. The second-order valence-electron chi connectivity index (χ2n) is 6.52. The van der Waals surface area contributed by atoms with Gasteiger partial charge in [-0.05, 0) is 56.7 Å². The van der Waals surface area contributed by atoms with Crippen molar-refractivity contribution in [2.45, 2.75) is 27.3 Å². The Bertz CT molecular complexity index is 955. The lowest BCUT2D eigenvalue weighted by Crippen LogP contribution is -2.14. The first-order valence-electron chi connectivity index (χ1n) is 8.69. The summed E-state index contributed by atoms with van der Waals surface area (Å²) in [5, 5.41) is 1.58. The number of benzene rings is 2. The van der Waals surface area contributed by atoms with Crippen molar-refractivity contribution in [1.29, 1.82) is 0 Å². The second-order valence-corrected chi connectivity index (χ2v) is 6.92. The molecule has 0 radical (unpaired) electrons. The fraction of sp³-hybridized carbons (Fsp3) is 0.286. The molecular formula is C21H23ClFN3. The number of aryl methyl sites for hydroxylation is 1. The number of hydrogen-bond donors (Lipinski definition) is 0. The Labute approximate surface area is 158 Å². The molecular weight excluding hydrogens is 349 g/mol. The Morgan fingerprint density at radius 2 is 2.00 bits per heavy atom. The van der Waals surface area contributed by atoms with E-state index in [9.17, 15) is 4.39 Å². The van der Waals surface area contributed by atoms with Gasteiger partial charge >= 0.3 is 0 Å². The molecule has 0 spiro atoms. The molecule has 0 amide bonds. The second kappa shape index (κ2) is 7.50. The van der Waals surface area contributed by atoms with Crippen molar-refractivity contribution in [2.24, 2.45) is 4.99 Å². The third-order valence-corrected chi connectivity index (χ3v) is 5.26. The van der Waals surface area contributed by atoms with Gasteiger partial charge in [0.25, 0.3) is 0 Å². The Balaban J connectivity index is 2.05. The molecule has 3 nitrogen and oxygen atoms in total. The average molecular weight is 372 g/mol. The van der Waals surface area contributed by atoms with Crippen molar-refractivity contribution in [3.05, 3.63) is 64.1 Å². The minimum absolute atomic E-state index is 0.278. The van der Waals surface area contributed by atoms with E-state index in [0.717, 1.165) is 28.8 Å². The van der Waals surface area contributed by atoms with Gasteiger partial charge in [0.2, 0.25) is 0 Å². The third-order valence-electron chi connectivity index (χ3n) is 4.90. The highest BCUT2D eigenvalue weighted by atomic mass is 35.5. The molecule has 0 saturated carbocycles. The maximum atomic E-state index is 14.2. The molecule has 3 aromatic rings. The quantitative estimate of drug-likeness (QED) is 0.415. The molecule has 0 bridgehead atoms. The lowest BCUT2D eigenvalue weighted by atomic mass is 10.1. The zero-order chi connectivity index (χ0) is 18.8. The Hall–Kier alpha value is -2.33. The van der Waals surface area contributed by atoms with Gasteiger partial charge in [0, 0.05) is 40.8 Å². The van der Waals surface area contributed by atoms with Gasteiger partial charge in [-0.15, -0.1) is 0 Å². The first kappa shape index (κ1) is 18.5. The van der Waals surface area contributed by atoms with Crippen LogP contribution in [-0.2, 0) is 6.54 Å². The van der Waals surface area contributed by atoms with Crippen LogP contribution in [0.5, 0.6) is 0 Å². The monoisotopic (exact) mass is 371 g/mol. The fourth-order valence-electron chi connectivity index (χ4n) is 3.01. The van der Waals surface area contributed by atoms with Crippen LogP contribution >= 0.6 is 11.6 Å².